The summed E-state index contributed by atoms with van der Waals surface area (Å²) in [5.41, 5.74) is 1.38. The van der Waals surface area contributed by atoms with Gasteiger partial charge in [0, 0.05) is 29.2 Å². The number of aromatic nitrogens is 4. The van der Waals surface area contributed by atoms with Crippen LogP contribution in [-0.2, 0) is 6.54 Å². The largest absolute Gasteiger partial charge is 0.360 e. The van der Waals surface area contributed by atoms with E-state index in [9.17, 15) is 9.59 Å². The molecule has 0 aliphatic rings. The van der Waals surface area contributed by atoms with E-state index in [1.54, 1.807) is 10.8 Å². The Morgan fingerprint density at radius 3 is 3.00 bits per heavy atom. The number of benzene rings is 1. The molecule has 6 nitrogen and oxygen atoms in total. The van der Waals surface area contributed by atoms with Crippen molar-refractivity contribution in [1.82, 2.24) is 19.7 Å². The summed E-state index contributed by atoms with van der Waals surface area (Å²) >= 11 is 1.28. The van der Waals surface area contributed by atoms with Crippen molar-refractivity contribution in [1.29, 1.82) is 0 Å². The van der Waals surface area contributed by atoms with Gasteiger partial charge in [0.15, 0.2) is 10.9 Å². The minimum absolute atomic E-state index is 0.0148. The fraction of sp³-hybridized carbons (Fsp3) is 0.267. The zero-order valence-electron chi connectivity index (χ0n) is 12.1. The van der Waals surface area contributed by atoms with Gasteiger partial charge in [-0.3, -0.25) is 9.36 Å². The molecule has 0 amide bonds. The van der Waals surface area contributed by atoms with Crippen molar-refractivity contribution in [3.63, 3.8) is 0 Å². The second kappa shape index (κ2) is 6.23. The minimum Gasteiger partial charge on any atom is -0.360 e. The van der Waals surface area contributed by atoms with E-state index in [2.05, 4.69) is 15.2 Å². The molecular weight excluding hydrogens is 300 g/mol. The second-order valence-electron chi connectivity index (χ2n) is 4.92. The number of aromatic amines is 2. The summed E-state index contributed by atoms with van der Waals surface area (Å²) in [6.07, 6.45) is 2.57. The van der Waals surface area contributed by atoms with Crippen LogP contribution in [-0.4, -0.2) is 31.3 Å². The number of carbonyl (C=O) groups excluding carboxylic acids is 1. The monoisotopic (exact) mass is 316 g/mol. The van der Waals surface area contributed by atoms with E-state index < -0.39 is 0 Å². The van der Waals surface area contributed by atoms with Crippen molar-refractivity contribution in [2.45, 2.75) is 25.0 Å². The van der Waals surface area contributed by atoms with Crippen LogP contribution in [0.25, 0.3) is 10.9 Å². The lowest BCUT2D eigenvalue weighted by Crippen LogP contribution is -2.17. The average Bonchev–Trinajstić information content (AvgIpc) is 3.10. The van der Waals surface area contributed by atoms with Crippen LogP contribution in [0.5, 0.6) is 0 Å². The third kappa shape index (κ3) is 2.71. The molecule has 1 aromatic carbocycles. The first kappa shape index (κ1) is 14.6. The third-order valence-electron chi connectivity index (χ3n) is 3.39. The molecule has 2 N–H and O–H groups in total. The Balaban J connectivity index is 1.77. The zero-order chi connectivity index (χ0) is 15.5. The van der Waals surface area contributed by atoms with Gasteiger partial charge >= 0.3 is 5.69 Å². The maximum absolute atomic E-state index is 12.4. The molecule has 0 unspecified atom stereocenters. The predicted molar refractivity (Wildman–Crippen MR) is 86.5 cm³/mol. The second-order valence-corrected chi connectivity index (χ2v) is 5.87. The highest BCUT2D eigenvalue weighted by atomic mass is 32.2. The number of nitrogens with zero attached hydrogens (tertiary/aromatic N) is 2. The molecule has 3 rings (SSSR count). The van der Waals surface area contributed by atoms with Crippen LogP contribution in [0.4, 0.5) is 0 Å². The maximum Gasteiger partial charge on any atom is 0.343 e. The lowest BCUT2D eigenvalue weighted by molar-refractivity contribution is 0.102. The van der Waals surface area contributed by atoms with E-state index in [0.717, 1.165) is 17.3 Å². The fourth-order valence-corrected chi connectivity index (χ4v) is 3.20. The van der Waals surface area contributed by atoms with Gasteiger partial charge in [0.25, 0.3) is 0 Å². The van der Waals surface area contributed by atoms with E-state index in [-0.39, 0.29) is 17.2 Å². The molecule has 0 aliphatic heterocycles. The van der Waals surface area contributed by atoms with E-state index in [0.29, 0.717) is 17.3 Å². The molecule has 22 heavy (non-hydrogen) atoms. The van der Waals surface area contributed by atoms with Gasteiger partial charge in [0.2, 0.25) is 0 Å². The number of nitrogens with one attached hydrogen (secondary N) is 2. The summed E-state index contributed by atoms with van der Waals surface area (Å²) in [7, 11) is 0. The van der Waals surface area contributed by atoms with Crippen molar-refractivity contribution in [3.05, 3.63) is 46.5 Å². The van der Waals surface area contributed by atoms with Gasteiger partial charge in [0.05, 0.1) is 5.75 Å². The van der Waals surface area contributed by atoms with Gasteiger partial charge in [-0.25, -0.2) is 9.89 Å². The summed E-state index contributed by atoms with van der Waals surface area (Å²) < 4.78 is 1.56. The van der Waals surface area contributed by atoms with Gasteiger partial charge in [0.1, 0.15) is 0 Å². The molecule has 0 radical (unpaired) electrons. The third-order valence-corrected chi connectivity index (χ3v) is 4.37. The van der Waals surface area contributed by atoms with Gasteiger partial charge in [-0.15, -0.1) is 5.10 Å². The van der Waals surface area contributed by atoms with Crippen LogP contribution in [0.3, 0.4) is 0 Å². The smallest absolute Gasteiger partial charge is 0.343 e. The zero-order valence-corrected chi connectivity index (χ0v) is 12.9. The van der Waals surface area contributed by atoms with Crippen molar-refractivity contribution >= 4 is 28.4 Å². The molecule has 2 heterocycles. The number of fused-ring (bicyclic) bond motifs is 1. The van der Waals surface area contributed by atoms with E-state index in [1.807, 2.05) is 31.2 Å². The van der Waals surface area contributed by atoms with E-state index in [4.69, 9.17) is 0 Å². The summed E-state index contributed by atoms with van der Waals surface area (Å²) in [4.78, 5) is 27.1. The van der Waals surface area contributed by atoms with Crippen LogP contribution in [0.2, 0.25) is 0 Å². The lowest BCUT2D eigenvalue weighted by Gasteiger charge is -2.03. The van der Waals surface area contributed by atoms with E-state index in [1.165, 1.54) is 11.8 Å². The standard InChI is InChI=1S/C15H16N4O2S/c1-2-7-19-14(21)17-18-15(19)22-9-13(20)11-8-16-12-6-4-3-5-10(11)12/h3-6,8,16H,2,7,9H2,1H3,(H,17,21). The van der Waals surface area contributed by atoms with Gasteiger partial charge in [-0.05, 0) is 12.5 Å². The quantitative estimate of drug-likeness (QED) is 0.540. The Morgan fingerprint density at radius 2 is 2.18 bits per heavy atom. The molecule has 0 saturated carbocycles. The normalized spacial score (nSPS) is 11.1. The Morgan fingerprint density at radius 1 is 1.36 bits per heavy atom. The number of thioether (sulfide) groups is 1. The van der Waals surface area contributed by atoms with Crippen molar-refractivity contribution in [2.75, 3.05) is 5.75 Å². The number of hydrogen-bond acceptors (Lipinski definition) is 4. The average molecular weight is 316 g/mol. The first-order valence-corrected chi connectivity index (χ1v) is 8.06. The van der Waals surface area contributed by atoms with Crippen LogP contribution in [0.15, 0.2) is 40.4 Å². The summed E-state index contributed by atoms with van der Waals surface area (Å²) in [6.45, 7) is 2.59. The van der Waals surface area contributed by atoms with E-state index >= 15 is 0 Å². The van der Waals surface area contributed by atoms with Crippen LogP contribution < -0.4 is 5.69 Å². The molecule has 0 atom stereocenters. The molecule has 0 saturated heterocycles. The molecule has 7 heteroatoms. The number of ketones is 1. The number of hydrogen-bond donors (Lipinski definition) is 2. The minimum atomic E-state index is -0.233. The van der Waals surface area contributed by atoms with Crippen LogP contribution in [0.1, 0.15) is 23.7 Å². The summed E-state index contributed by atoms with van der Waals surface area (Å²) in [5.74, 6) is 0.261. The summed E-state index contributed by atoms with van der Waals surface area (Å²) in [6, 6.07) is 7.69. The fourth-order valence-electron chi connectivity index (χ4n) is 2.34. The van der Waals surface area contributed by atoms with Gasteiger partial charge < -0.3 is 4.98 Å². The van der Waals surface area contributed by atoms with Gasteiger partial charge in [-0.1, -0.05) is 36.9 Å². The first-order chi connectivity index (χ1) is 10.7. The highest BCUT2D eigenvalue weighted by Gasteiger charge is 2.15. The number of rotatable bonds is 6. The molecule has 114 valence electrons. The van der Waals surface area contributed by atoms with Crippen molar-refractivity contribution < 1.29 is 4.79 Å². The van der Waals surface area contributed by atoms with Crippen molar-refractivity contribution in [3.8, 4) is 0 Å². The van der Waals surface area contributed by atoms with Crippen LogP contribution >= 0.6 is 11.8 Å². The Kier molecular flexibility index (Phi) is 4.15. The summed E-state index contributed by atoms with van der Waals surface area (Å²) in [5, 5.41) is 7.88. The Hall–Kier alpha value is -2.28. The predicted octanol–water partition coefficient (Wildman–Crippen LogP) is 2.44. The molecule has 0 aliphatic carbocycles. The number of Topliss-reactive ketones (excluding diaryl/α,β-unsaturated/α-hetero) is 1. The van der Waals surface area contributed by atoms with Crippen LogP contribution in [0, 0.1) is 0 Å². The SMILES string of the molecule is CCCn1c(SCC(=O)c2c[nH]c3ccccc23)n[nH]c1=O. The maximum atomic E-state index is 12.4. The Bertz CT molecular complexity index is 862. The molecule has 0 spiro atoms. The first-order valence-electron chi connectivity index (χ1n) is 7.08. The molecule has 0 fully saturated rings. The molecule has 3 aromatic rings. The van der Waals surface area contributed by atoms with Crippen molar-refractivity contribution in [2.24, 2.45) is 0 Å². The lowest BCUT2D eigenvalue weighted by atomic mass is 10.1. The number of H-pyrrole nitrogens is 2. The highest BCUT2D eigenvalue weighted by molar-refractivity contribution is 7.99. The highest BCUT2D eigenvalue weighted by Crippen LogP contribution is 2.21. The topological polar surface area (TPSA) is 83.5 Å². The Labute approximate surface area is 130 Å². The van der Waals surface area contributed by atoms with Gasteiger partial charge in [-0.2, -0.15) is 0 Å². The number of para-hydroxylation sites is 1. The number of carbonyl (C=O) groups is 1. The molecule has 2 aromatic heterocycles. The molecular formula is C15H16N4O2S. The molecule has 0 bridgehead atoms.